The van der Waals surface area contributed by atoms with Crippen LogP contribution in [-0.4, -0.2) is 43.3 Å². The second-order valence-electron chi connectivity index (χ2n) is 2.74. The van der Waals surface area contributed by atoms with E-state index in [9.17, 15) is 13.6 Å². The van der Waals surface area contributed by atoms with Gasteiger partial charge in [0.25, 0.3) is 0 Å². The van der Waals surface area contributed by atoms with E-state index < -0.39 is 24.8 Å². The van der Waals surface area contributed by atoms with Crippen LogP contribution in [0.3, 0.4) is 0 Å². The zero-order valence-electron chi connectivity index (χ0n) is 7.31. The molecule has 0 aliphatic rings. The highest BCUT2D eigenvalue weighted by Gasteiger charge is 2.36. The molecule has 2 N–H and O–H groups in total. The lowest BCUT2D eigenvalue weighted by atomic mass is 10.0. The van der Waals surface area contributed by atoms with Crippen LogP contribution in [0.4, 0.5) is 8.78 Å². The van der Waals surface area contributed by atoms with Gasteiger partial charge in [-0.05, 0) is 6.92 Å². The summed E-state index contributed by atoms with van der Waals surface area (Å²) in [5.74, 6) is -0.699. The van der Waals surface area contributed by atoms with E-state index in [1.807, 2.05) is 0 Å². The van der Waals surface area contributed by atoms with Gasteiger partial charge in [0.2, 0.25) is 5.91 Å². The van der Waals surface area contributed by atoms with Crippen LogP contribution in [0, 0.1) is 0 Å². The molecule has 0 aliphatic heterocycles. The maximum Gasteiger partial charge on any atom is 0.247 e. The summed E-state index contributed by atoms with van der Waals surface area (Å²) in [6.45, 7) is -0.258. The van der Waals surface area contributed by atoms with Crippen LogP contribution < -0.4 is 5.73 Å². The largest absolute Gasteiger partial charge is 0.344 e. The molecule has 0 rings (SSSR count). The molecule has 0 aliphatic carbocycles. The number of hydrogen-bond donors (Lipinski definition) is 1. The van der Waals surface area contributed by atoms with Crippen molar-refractivity contribution in [3.8, 4) is 0 Å². The van der Waals surface area contributed by atoms with Gasteiger partial charge in [0.05, 0.1) is 0 Å². The van der Waals surface area contributed by atoms with Crippen molar-refractivity contribution in [1.29, 1.82) is 0 Å². The zero-order chi connectivity index (χ0) is 9.78. The number of alkyl halides is 2. The zero-order valence-corrected chi connectivity index (χ0v) is 7.31. The third kappa shape index (κ3) is 2.14. The van der Waals surface area contributed by atoms with Crippen LogP contribution >= 0.6 is 0 Å². The van der Waals surface area contributed by atoms with Crippen molar-refractivity contribution in [2.45, 2.75) is 12.5 Å². The molecule has 0 radical (unpaired) electrons. The van der Waals surface area contributed by atoms with Crippen LogP contribution in [0.15, 0.2) is 0 Å². The number of amides is 1. The lowest BCUT2D eigenvalue weighted by molar-refractivity contribution is -0.136. The van der Waals surface area contributed by atoms with Gasteiger partial charge >= 0.3 is 0 Å². The highest BCUT2D eigenvalue weighted by molar-refractivity contribution is 5.86. The maximum atomic E-state index is 12.2. The lowest BCUT2D eigenvalue weighted by Gasteiger charge is -2.26. The standard InChI is InChI=1S/C7H14F2N2O/c1-3-11(2)6(12)7(10,4-8)5-9/h3-5,10H2,1-2H3. The molecule has 1 amide bonds. The molecule has 72 valence electrons. The SMILES string of the molecule is CCN(C)C(=O)C(N)(CF)CF. The minimum atomic E-state index is -1.98. The van der Waals surface area contributed by atoms with E-state index >= 15 is 0 Å². The summed E-state index contributed by atoms with van der Waals surface area (Å²) >= 11 is 0. The van der Waals surface area contributed by atoms with E-state index in [1.165, 1.54) is 11.9 Å². The molecule has 0 aromatic rings. The van der Waals surface area contributed by atoms with E-state index in [1.54, 1.807) is 6.92 Å². The molecule has 12 heavy (non-hydrogen) atoms. The molecule has 0 bridgehead atoms. The molecular weight excluding hydrogens is 166 g/mol. The Hall–Kier alpha value is -0.710. The summed E-state index contributed by atoms with van der Waals surface area (Å²) in [6, 6.07) is 0. The first-order chi connectivity index (χ1) is 5.51. The van der Waals surface area contributed by atoms with E-state index in [0.717, 1.165) is 0 Å². The topological polar surface area (TPSA) is 46.3 Å². The summed E-state index contributed by atoms with van der Waals surface area (Å²) < 4.78 is 24.4. The highest BCUT2D eigenvalue weighted by atomic mass is 19.1. The van der Waals surface area contributed by atoms with Gasteiger partial charge in [-0.3, -0.25) is 4.79 Å². The Morgan fingerprint density at radius 1 is 1.50 bits per heavy atom. The molecule has 0 aromatic carbocycles. The van der Waals surface area contributed by atoms with Gasteiger partial charge in [-0.25, -0.2) is 8.78 Å². The van der Waals surface area contributed by atoms with E-state index in [4.69, 9.17) is 5.73 Å². The summed E-state index contributed by atoms with van der Waals surface area (Å²) in [6.07, 6.45) is 0. The Balaban J connectivity index is 4.41. The molecule has 5 heteroatoms. The van der Waals surface area contributed by atoms with Crippen LogP contribution in [0.2, 0.25) is 0 Å². The molecule has 0 heterocycles. The van der Waals surface area contributed by atoms with Crippen molar-refractivity contribution >= 4 is 5.91 Å². The molecule has 3 nitrogen and oxygen atoms in total. The van der Waals surface area contributed by atoms with Crippen molar-refractivity contribution in [2.75, 3.05) is 26.9 Å². The number of likely N-dealkylation sites (N-methyl/N-ethyl adjacent to an activating group) is 1. The third-order valence-corrected chi connectivity index (χ3v) is 1.72. The number of rotatable bonds is 4. The van der Waals surface area contributed by atoms with E-state index in [-0.39, 0.29) is 0 Å². The number of carbonyl (C=O) groups excluding carboxylic acids is 1. The molecular formula is C7H14F2N2O. The predicted octanol–water partition coefficient (Wildman–Crippen LogP) is 0.101. The minimum absolute atomic E-state index is 0.387. The molecule has 0 spiro atoms. The van der Waals surface area contributed by atoms with Crippen LogP contribution in [0.5, 0.6) is 0 Å². The molecule has 0 atom stereocenters. The van der Waals surface area contributed by atoms with Gasteiger partial charge in [-0.1, -0.05) is 0 Å². The minimum Gasteiger partial charge on any atom is -0.344 e. The fraction of sp³-hybridized carbons (Fsp3) is 0.857. The molecule has 0 saturated carbocycles. The number of hydrogen-bond acceptors (Lipinski definition) is 2. The summed E-state index contributed by atoms with van der Waals surface area (Å²) in [5.41, 5.74) is 3.19. The van der Waals surface area contributed by atoms with Gasteiger partial charge in [-0.15, -0.1) is 0 Å². The monoisotopic (exact) mass is 180 g/mol. The fourth-order valence-electron chi connectivity index (χ4n) is 0.674. The second kappa shape index (κ2) is 4.35. The fourth-order valence-corrected chi connectivity index (χ4v) is 0.674. The Labute approximate surface area is 70.5 Å². The Kier molecular flexibility index (Phi) is 4.09. The summed E-state index contributed by atoms with van der Waals surface area (Å²) in [7, 11) is 1.45. The summed E-state index contributed by atoms with van der Waals surface area (Å²) in [4.78, 5) is 12.4. The van der Waals surface area contributed by atoms with Crippen LogP contribution in [0.1, 0.15) is 6.92 Å². The van der Waals surface area contributed by atoms with Gasteiger partial charge in [0, 0.05) is 13.6 Å². The molecule has 0 aromatic heterocycles. The Bertz CT molecular complexity index is 159. The third-order valence-electron chi connectivity index (χ3n) is 1.72. The van der Waals surface area contributed by atoms with Gasteiger partial charge in [-0.2, -0.15) is 0 Å². The number of nitrogens with zero attached hydrogens (tertiary/aromatic N) is 1. The van der Waals surface area contributed by atoms with Gasteiger partial charge < -0.3 is 10.6 Å². The average molecular weight is 180 g/mol. The number of nitrogens with two attached hydrogens (primary N) is 1. The van der Waals surface area contributed by atoms with E-state index in [2.05, 4.69) is 0 Å². The van der Waals surface area contributed by atoms with Crippen molar-refractivity contribution in [3.63, 3.8) is 0 Å². The van der Waals surface area contributed by atoms with Gasteiger partial charge in [0.15, 0.2) is 5.54 Å². The summed E-state index contributed by atoms with van der Waals surface area (Å²) in [5, 5.41) is 0. The quantitative estimate of drug-likeness (QED) is 0.667. The predicted molar refractivity (Wildman–Crippen MR) is 42.2 cm³/mol. The van der Waals surface area contributed by atoms with Crippen LogP contribution in [0.25, 0.3) is 0 Å². The smallest absolute Gasteiger partial charge is 0.247 e. The Morgan fingerprint density at radius 2 is 1.92 bits per heavy atom. The first-order valence-corrected chi connectivity index (χ1v) is 3.68. The van der Waals surface area contributed by atoms with Crippen molar-refractivity contribution < 1.29 is 13.6 Å². The normalized spacial score (nSPS) is 11.4. The number of carbonyl (C=O) groups is 1. The highest BCUT2D eigenvalue weighted by Crippen LogP contribution is 2.06. The van der Waals surface area contributed by atoms with Gasteiger partial charge in [0.1, 0.15) is 13.3 Å². The molecule has 0 saturated heterocycles. The van der Waals surface area contributed by atoms with E-state index in [0.29, 0.717) is 6.54 Å². The van der Waals surface area contributed by atoms with Crippen molar-refractivity contribution in [1.82, 2.24) is 4.90 Å². The Morgan fingerprint density at radius 3 is 2.17 bits per heavy atom. The maximum absolute atomic E-state index is 12.2. The molecule has 0 fully saturated rings. The van der Waals surface area contributed by atoms with Crippen LogP contribution in [-0.2, 0) is 4.79 Å². The molecule has 0 unspecified atom stereocenters. The number of halogens is 2. The lowest BCUT2D eigenvalue weighted by Crippen LogP contribution is -2.57. The average Bonchev–Trinajstić information content (AvgIpc) is 2.14. The second-order valence-corrected chi connectivity index (χ2v) is 2.74. The van der Waals surface area contributed by atoms with Crippen molar-refractivity contribution in [3.05, 3.63) is 0 Å². The van der Waals surface area contributed by atoms with Crippen molar-refractivity contribution in [2.24, 2.45) is 5.73 Å². The first-order valence-electron chi connectivity index (χ1n) is 3.68. The first kappa shape index (κ1) is 11.3.